The lowest BCUT2D eigenvalue weighted by atomic mass is 10.1. The molecular formula is C13H14F3N3O. The van der Waals surface area contributed by atoms with Gasteiger partial charge >= 0.3 is 6.18 Å². The second kappa shape index (κ2) is 5.52. The Balaban J connectivity index is 2.05. The van der Waals surface area contributed by atoms with Crippen LogP contribution >= 0.6 is 0 Å². The van der Waals surface area contributed by atoms with Crippen LogP contribution in [0.15, 0.2) is 30.9 Å². The SMILES string of the molecule is Cc1cc(OC(C)Cn2cncn2)ccc1C(F)(F)F. The molecule has 1 aromatic heterocycles. The first-order chi connectivity index (χ1) is 9.36. The molecule has 7 heteroatoms. The van der Waals surface area contributed by atoms with Gasteiger partial charge in [-0.25, -0.2) is 9.67 Å². The predicted molar refractivity (Wildman–Crippen MR) is 66.3 cm³/mol. The summed E-state index contributed by atoms with van der Waals surface area (Å²) in [5.74, 6) is 0.406. The summed E-state index contributed by atoms with van der Waals surface area (Å²) < 4.78 is 45.1. The molecule has 0 saturated carbocycles. The van der Waals surface area contributed by atoms with E-state index in [-0.39, 0.29) is 11.7 Å². The van der Waals surface area contributed by atoms with Gasteiger partial charge < -0.3 is 4.74 Å². The molecular weight excluding hydrogens is 271 g/mol. The average Bonchev–Trinajstić information content (AvgIpc) is 2.79. The summed E-state index contributed by atoms with van der Waals surface area (Å²) in [4.78, 5) is 3.81. The fourth-order valence-electron chi connectivity index (χ4n) is 1.89. The van der Waals surface area contributed by atoms with Crippen LogP contribution in [0.25, 0.3) is 0 Å². The first-order valence-electron chi connectivity index (χ1n) is 6.03. The molecule has 108 valence electrons. The minimum absolute atomic E-state index is 0.142. The van der Waals surface area contributed by atoms with Crippen molar-refractivity contribution in [2.45, 2.75) is 32.7 Å². The number of nitrogens with zero attached hydrogens (tertiary/aromatic N) is 3. The number of ether oxygens (including phenoxy) is 1. The van der Waals surface area contributed by atoms with Crippen LogP contribution in [0.1, 0.15) is 18.1 Å². The number of rotatable bonds is 4. The monoisotopic (exact) mass is 285 g/mol. The average molecular weight is 285 g/mol. The lowest BCUT2D eigenvalue weighted by molar-refractivity contribution is -0.138. The Kier molecular flexibility index (Phi) is 3.96. The first-order valence-corrected chi connectivity index (χ1v) is 6.03. The number of hydrogen-bond acceptors (Lipinski definition) is 3. The van der Waals surface area contributed by atoms with E-state index in [0.717, 1.165) is 6.07 Å². The number of alkyl halides is 3. The summed E-state index contributed by atoms with van der Waals surface area (Å²) in [6.07, 6.45) is -1.60. The minimum Gasteiger partial charge on any atom is -0.489 e. The molecule has 2 rings (SSSR count). The normalized spacial score (nSPS) is 13.2. The van der Waals surface area contributed by atoms with Crippen LogP contribution in [0.5, 0.6) is 5.75 Å². The summed E-state index contributed by atoms with van der Waals surface area (Å²) in [5.41, 5.74) is -0.503. The third kappa shape index (κ3) is 3.49. The highest BCUT2D eigenvalue weighted by atomic mass is 19.4. The van der Waals surface area contributed by atoms with Gasteiger partial charge in [0.15, 0.2) is 0 Å². The van der Waals surface area contributed by atoms with E-state index in [9.17, 15) is 13.2 Å². The Morgan fingerprint density at radius 1 is 1.35 bits per heavy atom. The number of benzene rings is 1. The van der Waals surface area contributed by atoms with Crippen molar-refractivity contribution < 1.29 is 17.9 Å². The Hall–Kier alpha value is -2.05. The van der Waals surface area contributed by atoms with Gasteiger partial charge in [0.05, 0.1) is 12.1 Å². The van der Waals surface area contributed by atoms with Gasteiger partial charge in [-0.1, -0.05) is 0 Å². The zero-order valence-corrected chi connectivity index (χ0v) is 11.1. The summed E-state index contributed by atoms with van der Waals surface area (Å²) in [5, 5.41) is 3.94. The van der Waals surface area contributed by atoms with Gasteiger partial charge in [-0.3, -0.25) is 0 Å². The lowest BCUT2D eigenvalue weighted by Crippen LogP contribution is -2.20. The van der Waals surface area contributed by atoms with Crippen LogP contribution in [0, 0.1) is 6.92 Å². The van der Waals surface area contributed by atoms with Crippen molar-refractivity contribution in [3.8, 4) is 5.75 Å². The van der Waals surface area contributed by atoms with Crippen molar-refractivity contribution >= 4 is 0 Å². The summed E-state index contributed by atoms with van der Waals surface area (Å²) >= 11 is 0. The van der Waals surface area contributed by atoms with Crippen LogP contribution in [0.3, 0.4) is 0 Å². The van der Waals surface area contributed by atoms with E-state index in [1.165, 1.54) is 25.4 Å². The zero-order chi connectivity index (χ0) is 14.8. The molecule has 0 amide bonds. The first kappa shape index (κ1) is 14.4. The number of halogens is 3. The third-order valence-electron chi connectivity index (χ3n) is 2.75. The highest BCUT2D eigenvalue weighted by Crippen LogP contribution is 2.33. The number of aryl methyl sites for hydroxylation is 1. The molecule has 0 N–H and O–H groups in total. The molecule has 20 heavy (non-hydrogen) atoms. The molecule has 1 atom stereocenters. The molecule has 1 heterocycles. The standard InChI is InChI=1S/C13H14F3N3O/c1-9-5-11(3-4-12(9)13(14,15)16)20-10(2)6-19-8-17-7-18-19/h3-5,7-8,10H,6H2,1-2H3. The number of hydrogen-bond donors (Lipinski definition) is 0. The molecule has 0 saturated heterocycles. The van der Waals surface area contributed by atoms with E-state index in [0.29, 0.717) is 12.3 Å². The van der Waals surface area contributed by atoms with Gasteiger partial charge in [0.25, 0.3) is 0 Å². The Morgan fingerprint density at radius 3 is 2.65 bits per heavy atom. The van der Waals surface area contributed by atoms with E-state index in [1.54, 1.807) is 11.0 Å². The predicted octanol–water partition coefficient (Wildman–Crippen LogP) is 3.07. The second-order valence-corrected chi connectivity index (χ2v) is 4.52. The zero-order valence-electron chi connectivity index (χ0n) is 11.1. The molecule has 2 aromatic rings. The van der Waals surface area contributed by atoms with Crippen molar-refractivity contribution in [1.82, 2.24) is 14.8 Å². The molecule has 0 bridgehead atoms. The molecule has 1 unspecified atom stereocenters. The lowest BCUT2D eigenvalue weighted by Gasteiger charge is -2.16. The van der Waals surface area contributed by atoms with Crippen molar-refractivity contribution in [2.24, 2.45) is 0 Å². The van der Waals surface area contributed by atoms with E-state index < -0.39 is 11.7 Å². The summed E-state index contributed by atoms with van der Waals surface area (Å²) in [6, 6.07) is 3.75. The van der Waals surface area contributed by atoms with Gasteiger partial charge in [0.1, 0.15) is 24.5 Å². The van der Waals surface area contributed by atoms with Crippen LogP contribution in [-0.4, -0.2) is 20.9 Å². The topological polar surface area (TPSA) is 39.9 Å². The second-order valence-electron chi connectivity index (χ2n) is 4.52. The minimum atomic E-state index is -4.34. The van der Waals surface area contributed by atoms with Crippen molar-refractivity contribution in [1.29, 1.82) is 0 Å². The maximum Gasteiger partial charge on any atom is 0.416 e. The van der Waals surface area contributed by atoms with E-state index >= 15 is 0 Å². The highest BCUT2D eigenvalue weighted by molar-refractivity contribution is 5.36. The van der Waals surface area contributed by atoms with E-state index in [2.05, 4.69) is 10.1 Å². The molecule has 4 nitrogen and oxygen atoms in total. The third-order valence-corrected chi connectivity index (χ3v) is 2.75. The molecule has 1 aromatic carbocycles. The smallest absolute Gasteiger partial charge is 0.416 e. The number of aromatic nitrogens is 3. The van der Waals surface area contributed by atoms with Crippen LogP contribution < -0.4 is 4.74 Å². The molecule has 0 spiro atoms. The summed E-state index contributed by atoms with van der Waals surface area (Å²) in [7, 11) is 0. The largest absolute Gasteiger partial charge is 0.489 e. The van der Waals surface area contributed by atoms with Gasteiger partial charge in [0, 0.05) is 0 Å². The maximum atomic E-state index is 12.6. The molecule has 0 aliphatic carbocycles. The Morgan fingerprint density at radius 2 is 2.10 bits per heavy atom. The fraction of sp³-hybridized carbons (Fsp3) is 0.385. The van der Waals surface area contributed by atoms with Crippen molar-refractivity contribution in [2.75, 3.05) is 0 Å². The van der Waals surface area contributed by atoms with Crippen LogP contribution in [0.4, 0.5) is 13.2 Å². The van der Waals surface area contributed by atoms with Crippen LogP contribution in [-0.2, 0) is 12.7 Å². The maximum absolute atomic E-state index is 12.6. The van der Waals surface area contributed by atoms with Crippen LogP contribution in [0.2, 0.25) is 0 Å². The molecule has 0 aliphatic heterocycles. The van der Waals surface area contributed by atoms with E-state index in [4.69, 9.17) is 4.74 Å². The van der Waals surface area contributed by atoms with Crippen molar-refractivity contribution in [3.63, 3.8) is 0 Å². The molecule has 0 radical (unpaired) electrons. The van der Waals surface area contributed by atoms with Gasteiger partial charge in [0.2, 0.25) is 0 Å². The Labute approximate surface area is 114 Å². The quantitative estimate of drug-likeness (QED) is 0.866. The van der Waals surface area contributed by atoms with Gasteiger partial charge in [-0.15, -0.1) is 0 Å². The van der Waals surface area contributed by atoms with Crippen molar-refractivity contribution in [3.05, 3.63) is 42.0 Å². The van der Waals surface area contributed by atoms with Gasteiger partial charge in [-0.2, -0.15) is 18.3 Å². The Bertz CT molecular complexity index is 567. The molecule has 0 aliphatic rings. The summed E-state index contributed by atoms with van der Waals surface area (Å²) in [6.45, 7) is 3.70. The molecule has 0 fully saturated rings. The highest BCUT2D eigenvalue weighted by Gasteiger charge is 2.32. The van der Waals surface area contributed by atoms with E-state index in [1.807, 2.05) is 6.92 Å². The fourth-order valence-corrected chi connectivity index (χ4v) is 1.89. The van der Waals surface area contributed by atoms with Gasteiger partial charge in [-0.05, 0) is 37.6 Å².